The van der Waals surface area contributed by atoms with Crippen molar-refractivity contribution in [3.05, 3.63) is 46.3 Å². The van der Waals surface area contributed by atoms with Crippen molar-refractivity contribution in [1.29, 1.82) is 0 Å². The van der Waals surface area contributed by atoms with Gasteiger partial charge in [0.15, 0.2) is 0 Å². The standard InChI is InChI=1S/C13H14ClNS/c1-2-15-9-10-5-6-11(12(14)8-10)13-4-3-7-16-13/h3-8,15H,2,9H2,1H3. The van der Waals surface area contributed by atoms with Crippen LogP contribution in [0.25, 0.3) is 10.4 Å². The normalized spacial score (nSPS) is 10.6. The van der Waals surface area contributed by atoms with Gasteiger partial charge in [0.05, 0.1) is 0 Å². The van der Waals surface area contributed by atoms with Gasteiger partial charge in [-0.1, -0.05) is 36.7 Å². The Morgan fingerprint density at radius 2 is 2.19 bits per heavy atom. The summed E-state index contributed by atoms with van der Waals surface area (Å²) in [7, 11) is 0. The summed E-state index contributed by atoms with van der Waals surface area (Å²) < 4.78 is 0. The Kier molecular flexibility index (Phi) is 3.99. The van der Waals surface area contributed by atoms with Gasteiger partial charge in [-0.05, 0) is 29.6 Å². The van der Waals surface area contributed by atoms with E-state index in [9.17, 15) is 0 Å². The summed E-state index contributed by atoms with van der Waals surface area (Å²) in [5.74, 6) is 0. The molecule has 1 aromatic heterocycles. The van der Waals surface area contributed by atoms with Crippen LogP contribution in [-0.4, -0.2) is 6.54 Å². The van der Waals surface area contributed by atoms with Crippen LogP contribution in [-0.2, 0) is 6.54 Å². The lowest BCUT2D eigenvalue weighted by Gasteiger charge is -2.06. The zero-order valence-corrected chi connectivity index (χ0v) is 10.7. The van der Waals surface area contributed by atoms with E-state index in [0.29, 0.717) is 0 Å². The molecule has 1 aromatic carbocycles. The molecule has 84 valence electrons. The third kappa shape index (κ3) is 2.64. The molecular formula is C13H14ClNS. The molecule has 0 atom stereocenters. The largest absolute Gasteiger partial charge is 0.313 e. The molecule has 16 heavy (non-hydrogen) atoms. The molecule has 0 bridgehead atoms. The maximum atomic E-state index is 6.28. The molecular weight excluding hydrogens is 238 g/mol. The predicted molar refractivity (Wildman–Crippen MR) is 72.1 cm³/mol. The second kappa shape index (κ2) is 5.48. The van der Waals surface area contributed by atoms with Crippen LogP contribution in [0.4, 0.5) is 0 Å². The summed E-state index contributed by atoms with van der Waals surface area (Å²) in [6.07, 6.45) is 0. The summed E-state index contributed by atoms with van der Waals surface area (Å²) in [4.78, 5) is 1.22. The highest BCUT2D eigenvalue weighted by Crippen LogP contribution is 2.31. The Bertz CT molecular complexity index is 451. The lowest BCUT2D eigenvalue weighted by Crippen LogP contribution is -2.11. The van der Waals surface area contributed by atoms with Crippen molar-refractivity contribution in [3.8, 4) is 10.4 Å². The minimum absolute atomic E-state index is 0.831. The number of hydrogen-bond donors (Lipinski definition) is 1. The summed E-state index contributed by atoms with van der Waals surface area (Å²) in [5.41, 5.74) is 2.35. The van der Waals surface area contributed by atoms with Crippen molar-refractivity contribution in [2.75, 3.05) is 6.54 Å². The van der Waals surface area contributed by atoms with E-state index in [-0.39, 0.29) is 0 Å². The summed E-state index contributed by atoms with van der Waals surface area (Å²) in [6.45, 7) is 3.95. The van der Waals surface area contributed by atoms with Crippen molar-refractivity contribution >= 4 is 22.9 Å². The van der Waals surface area contributed by atoms with Crippen LogP contribution in [0, 0.1) is 0 Å². The predicted octanol–water partition coefficient (Wildman–Crippen LogP) is 4.18. The molecule has 2 rings (SSSR count). The van der Waals surface area contributed by atoms with Crippen molar-refractivity contribution in [2.24, 2.45) is 0 Å². The van der Waals surface area contributed by atoms with Crippen molar-refractivity contribution < 1.29 is 0 Å². The molecule has 0 aliphatic rings. The maximum Gasteiger partial charge on any atom is 0.0495 e. The molecule has 0 aliphatic heterocycles. The van der Waals surface area contributed by atoms with Gasteiger partial charge in [0, 0.05) is 22.0 Å². The first-order chi connectivity index (χ1) is 7.81. The molecule has 0 saturated carbocycles. The second-order valence-corrected chi connectivity index (χ2v) is 4.93. The number of hydrogen-bond acceptors (Lipinski definition) is 2. The van der Waals surface area contributed by atoms with Gasteiger partial charge in [0.2, 0.25) is 0 Å². The number of halogens is 1. The van der Waals surface area contributed by atoms with Crippen LogP contribution in [0.15, 0.2) is 35.7 Å². The van der Waals surface area contributed by atoms with Gasteiger partial charge in [0.25, 0.3) is 0 Å². The molecule has 0 aliphatic carbocycles. The number of rotatable bonds is 4. The van der Waals surface area contributed by atoms with E-state index in [2.05, 4.69) is 35.8 Å². The fourth-order valence-corrected chi connectivity index (χ4v) is 2.70. The van der Waals surface area contributed by atoms with E-state index in [1.165, 1.54) is 10.4 Å². The smallest absolute Gasteiger partial charge is 0.0495 e. The Morgan fingerprint density at radius 1 is 1.31 bits per heavy atom. The highest BCUT2D eigenvalue weighted by Gasteiger charge is 2.05. The van der Waals surface area contributed by atoms with E-state index >= 15 is 0 Å². The average molecular weight is 252 g/mol. The van der Waals surface area contributed by atoms with Crippen LogP contribution >= 0.6 is 22.9 Å². The van der Waals surface area contributed by atoms with Crippen molar-refractivity contribution in [3.63, 3.8) is 0 Å². The third-order valence-electron chi connectivity index (χ3n) is 2.40. The van der Waals surface area contributed by atoms with Crippen molar-refractivity contribution in [2.45, 2.75) is 13.5 Å². The molecule has 0 spiro atoms. The molecule has 3 heteroatoms. The lowest BCUT2D eigenvalue weighted by atomic mass is 10.1. The first kappa shape index (κ1) is 11.6. The SMILES string of the molecule is CCNCc1ccc(-c2cccs2)c(Cl)c1. The zero-order chi connectivity index (χ0) is 11.4. The van der Waals surface area contributed by atoms with Gasteiger partial charge < -0.3 is 5.32 Å². The highest BCUT2D eigenvalue weighted by atomic mass is 35.5. The molecule has 2 aromatic rings. The Balaban J connectivity index is 2.23. The molecule has 0 saturated heterocycles. The van der Waals surface area contributed by atoms with Crippen molar-refractivity contribution in [1.82, 2.24) is 5.32 Å². The van der Waals surface area contributed by atoms with E-state index in [1.54, 1.807) is 11.3 Å². The summed E-state index contributed by atoms with van der Waals surface area (Å²) >= 11 is 7.99. The zero-order valence-electron chi connectivity index (χ0n) is 9.16. The molecule has 1 N–H and O–H groups in total. The highest BCUT2D eigenvalue weighted by molar-refractivity contribution is 7.13. The quantitative estimate of drug-likeness (QED) is 0.860. The Labute approximate surface area is 105 Å². The topological polar surface area (TPSA) is 12.0 Å². The first-order valence-corrected chi connectivity index (χ1v) is 6.60. The van der Waals surface area contributed by atoms with E-state index in [0.717, 1.165) is 23.7 Å². The van der Waals surface area contributed by atoms with Gasteiger partial charge in [-0.15, -0.1) is 11.3 Å². The van der Waals surface area contributed by atoms with Crippen LogP contribution in [0.1, 0.15) is 12.5 Å². The Hall–Kier alpha value is -0.830. The minimum Gasteiger partial charge on any atom is -0.313 e. The van der Waals surface area contributed by atoms with Crippen LogP contribution in [0.2, 0.25) is 5.02 Å². The molecule has 0 radical (unpaired) electrons. The maximum absolute atomic E-state index is 6.28. The number of nitrogens with one attached hydrogen (secondary N) is 1. The van der Waals surface area contributed by atoms with Crippen LogP contribution < -0.4 is 5.32 Å². The average Bonchev–Trinajstić information content (AvgIpc) is 2.80. The monoisotopic (exact) mass is 251 g/mol. The molecule has 1 nitrogen and oxygen atoms in total. The fraction of sp³-hybridized carbons (Fsp3) is 0.231. The molecule has 0 unspecified atom stereocenters. The van der Waals surface area contributed by atoms with Gasteiger partial charge in [-0.3, -0.25) is 0 Å². The van der Waals surface area contributed by atoms with E-state index in [4.69, 9.17) is 11.6 Å². The van der Waals surface area contributed by atoms with Gasteiger partial charge in [-0.25, -0.2) is 0 Å². The molecule has 0 fully saturated rings. The minimum atomic E-state index is 0.831. The lowest BCUT2D eigenvalue weighted by molar-refractivity contribution is 0.727. The number of benzene rings is 1. The fourth-order valence-electron chi connectivity index (χ4n) is 1.57. The molecule has 1 heterocycles. The van der Waals surface area contributed by atoms with Gasteiger partial charge >= 0.3 is 0 Å². The first-order valence-electron chi connectivity index (χ1n) is 5.34. The second-order valence-electron chi connectivity index (χ2n) is 3.57. The summed E-state index contributed by atoms with van der Waals surface area (Å²) in [5, 5.41) is 6.19. The van der Waals surface area contributed by atoms with E-state index in [1.807, 2.05) is 12.1 Å². The third-order valence-corrected chi connectivity index (χ3v) is 3.62. The number of thiophene rings is 1. The van der Waals surface area contributed by atoms with Gasteiger partial charge in [-0.2, -0.15) is 0 Å². The van der Waals surface area contributed by atoms with Crippen LogP contribution in [0.5, 0.6) is 0 Å². The van der Waals surface area contributed by atoms with Gasteiger partial charge in [0.1, 0.15) is 0 Å². The Morgan fingerprint density at radius 3 is 2.81 bits per heavy atom. The van der Waals surface area contributed by atoms with Crippen LogP contribution in [0.3, 0.4) is 0 Å². The molecule has 0 amide bonds. The van der Waals surface area contributed by atoms with E-state index < -0.39 is 0 Å². The summed E-state index contributed by atoms with van der Waals surface area (Å²) in [6, 6.07) is 10.4.